The highest BCUT2D eigenvalue weighted by Gasteiger charge is 2.18. The number of nitrogens with zero attached hydrogens (tertiary/aromatic N) is 1. The van der Waals surface area contributed by atoms with Crippen LogP contribution in [0.2, 0.25) is 0 Å². The van der Waals surface area contributed by atoms with Gasteiger partial charge in [0, 0.05) is 42.3 Å². The van der Waals surface area contributed by atoms with Crippen LogP contribution in [0.15, 0.2) is 22.7 Å². The number of rotatable bonds is 2. The Labute approximate surface area is 116 Å². The highest BCUT2D eigenvalue weighted by atomic mass is 79.9. The first kappa shape index (κ1) is 14.9. The molecule has 1 aliphatic rings. The van der Waals surface area contributed by atoms with Crippen molar-refractivity contribution >= 4 is 28.3 Å². The maximum Gasteiger partial charge on any atom is 0.128 e. The van der Waals surface area contributed by atoms with Gasteiger partial charge >= 0.3 is 0 Å². The molecule has 0 amide bonds. The highest BCUT2D eigenvalue weighted by Crippen LogP contribution is 2.18. The molecule has 1 fully saturated rings. The van der Waals surface area contributed by atoms with Crippen molar-refractivity contribution in [3.05, 3.63) is 34.1 Å². The molecule has 1 aromatic carbocycles. The summed E-state index contributed by atoms with van der Waals surface area (Å²) in [6, 6.07) is 5.75. The van der Waals surface area contributed by atoms with Gasteiger partial charge in [-0.05, 0) is 19.1 Å². The van der Waals surface area contributed by atoms with Crippen LogP contribution in [0.5, 0.6) is 0 Å². The maximum atomic E-state index is 13.7. The van der Waals surface area contributed by atoms with Gasteiger partial charge in [-0.15, -0.1) is 12.4 Å². The van der Waals surface area contributed by atoms with Crippen LogP contribution >= 0.6 is 28.3 Å². The summed E-state index contributed by atoms with van der Waals surface area (Å²) in [6.45, 7) is 5.82. The Kier molecular flexibility index (Phi) is 5.86. The normalized spacial score (nSPS) is 21.0. The summed E-state index contributed by atoms with van der Waals surface area (Å²) < 4.78 is 14.5. The van der Waals surface area contributed by atoms with Crippen molar-refractivity contribution in [2.24, 2.45) is 0 Å². The molecule has 0 bridgehead atoms. The minimum Gasteiger partial charge on any atom is -0.314 e. The summed E-state index contributed by atoms with van der Waals surface area (Å²) >= 11 is 3.27. The van der Waals surface area contributed by atoms with Crippen LogP contribution in [0.1, 0.15) is 12.5 Å². The fraction of sp³-hybridized carbons (Fsp3) is 0.500. The van der Waals surface area contributed by atoms with Crippen LogP contribution in [0, 0.1) is 5.82 Å². The molecular weight excluding hydrogens is 307 g/mol. The molecule has 2 nitrogen and oxygen atoms in total. The molecule has 5 heteroatoms. The Morgan fingerprint density at radius 3 is 2.94 bits per heavy atom. The molecule has 1 N–H and O–H groups in total. The SMILES string of the molecule is CC1CNCCN1Cc1ccc(Br)cc1F.Cl. The van der Waals surface area contributed by atoms with Gasteiger partial charge in [-0.1, -0.05) is 22.0 Å². The van der Waals surface area contributed by atoms with Gasteiger partial charge in [0.2, 0.25) is 0 Å². The van der Waals surface area contributed by atoms with Crippen molar-refractivity contribution < 1.29 is 4.39 Å². The van der Waals surface area contributed by atoms with E-state index < -0.39 is 0 Å². The second-order valence-electron chi connectivity index (χ2n) is 4.26. The number of hydrogen-bond acceptors (Lipinski definition) is 2. The zero-order chi connectivity index (χ0) is 11.5. The molecule has 1 aromatic rings. The molecular formula is C12H17BrClFN2. The number of piperazine rings is 1. The Balaban J connectivity index is 0.00000144. The average molecular weight is 324 g/mol. The number of nitrogens with one attached hydrogen (secondary N) is 1. The zero-order valence-electron chi connectivity index (χ0n) is 9.75. The lowest BCUT2D eigenvalue weighted by Gasteiger charge is -2.33. The van der Waals surface area contributed by atoms with Crippen LogP contribution in [-0.4, -0.2) is 30.6 Å². The van der Waals surface area contributed by atoms with E-state index in [0.717, 1.165) is 29.7 Å². The Morgan fingerprint density at radius 2 is 2.29 bits per heavy atom. The fourth-order valence-corrected chi connectivity index (χ4v) is 2.32. The molecule has 2 rings (SSSR count). The second kappa shape index (κ2) is 6.69. The van der Waals surface area contributed by atoms with Gasteiger partial charge in [-0.3, -0.25) is 4.90 Å². The van der Waals surface area contributed by atoms with Crippen LogP contribution in [0.3, 0.4) is 0 Å². The third-order valence-electron chi connectivity index (χ3n) is 3.03. The minimum atomic E-state index is -0.125. The van der Waals surface area contributed by atoms with Crippen molar-refractivity contribution in [1.29, 1.82) is 0 Å². The summed E-state index contributed by atoms with van der Waals surface area (Å²) in [5, 5.41) is 3.33. The lowest BCUT2D eigenvalue weighted by atomic mass is 10.1. The quantitative estimate of drug-likeness (QED) is 0.900. The maximum absolute atomic E-state index is 13.7. The van der Waals surface area contributed by atoms with E-state index in [0.29, 0.717) is 12.6 Å². The number of hydrogen-bond donors (Lipinski definition) is 1. The third-order valence-corrected chi connectivity index (χ3v) is 3.52. The van der Waals surface area contributed by atoms with Gasteiger partial charge in [-0.2, -0.15) is 0 Å². The highest BCUT2D eigenvalue weighted by molar-refractivity contribution is 9.10. The zero-order valence-corrected chi connectivity index (χ0v) is 12.2. The van der Waals surface area contributed by atoms with E-state index in [1.54, 1.807) is 0 Å². The summed E-state index contributed by atoms with van der Waals surface area (Å²) in [7, 11) is 0. The van der Waals surface area contributed by atoms with Gasteiger partial charge in [0.1, 0.15) is 5.82 Å². The topological polar surface area (TPSA) is 15.3 Å². The summed E-state index contributed by atoms with van der Waals surface area (Å²) in [5.41, 5.74) is 0.775. The Hall–Kier alpha value is -0.160. The second-order valence-corrected chi connectivity index (χ2v) is 5.18. The molecule has 0 aromatic heterocycles. The van der Waals surface area contributed by atoms with Gasteiger partial charge in [0.05, 0.1) is 0 Å². The minimum absolute atomic E-state index is 0. The first-order valence-corrected chi connectivity index (χ1v) is 6.35. The molecule has 0 spiro atoms. The molecule has 0 aliphatic carbocycles. The summed E-state index contributed by atoms with van der Waals surface area (Å²) in [6.07, 6.45) is 0. The first-order valence-electron chi connectivity index (χ1n) is 5.55. The smallest absolute Gasteiger partial charge is 0.128 e. The molecule has 1 aliphatic heterocycles. The average Bonchev–Trinajstić information content (AvgIpc) is 2.25. The van der Waals surface area contributed by atoms with Crippen LogP contribution in [0.25, 0.3) is 0 Å². The van der Waals surface area contributed by atoms with E-state index in [9.17, 15) is 4.39 Å². The van der Waals surface area contributed by atoms with E-state index in [-0.39, 0.29) is 18.2 Å². The molecule has 96 valence electrons. The van der Waals surface area contributed by atoms with Crippen LogP contribution in [-0.2, 0) is 6.54 Å². The molecule has 1 atom stereocenters. The standard InChI is InChI=1S/C12H16BrFN2.ClH/c1-9-7-15-4-5-16(9)8-10-2-3-11(13)6-12(10)14;/h2-3,6,9,15H,4-5,7-8H2,1H3;1H. The largest absolute Gasteiger partial charge is 0.314 e. The number of halogens is 3. The summed E-state index contributed by atoms with van der Waals surface area (Å²) in [4.78, 5) is 2.31. The van der Waals surface area contributed by atoms with Gasteiger partial charge in [0.15, 0.2) is 0 Å². The molecule has 1 unspecified atom stereocenters. The first-order chi connectivity index (χ1) is 7.66. The Morgan fingerprint density at radius 1 is 1.53 bits per heavy atom. The van der Waals surface area contributed by atoms with E-state index in [4.69, 9.17) is 0 Å². The third kappa shape index (κ3) is 3.91. The van der Waals surface area contributed by atoms with E-state index >= 15 is 0 Å². The fourth-order valence-electron chi connectivity index (χ4n) is 1.99. The van der Waals surface area contributed by atoms with Crippen molar-refractivity contribution in [3.63, 3.8) is 0 Å². The van der Waals surface area contributed by atoms with Crippen molar-refractivity contribution in [2.45, 2.75) is 19.5 Å². The van der Waals surface area contributed by atoms with Crippen molar-refractivity contribution in [2.75, 3.05) is 19.6 Å². The predicted octanol–water partition coefficient (Wildman–Crippen LogP) is 2.80. The molecule has 1 heterocycles. The van der Waals surface area contributed by atoms with Gasteiger partial charge in [0.25, 0.3) is 0 Å². The monoisotopic (exact) mass is 322 g/mol. The van der Waals surface area contributed by atoms with E-state index in [1.807, 2.05) is 12.1 Å². The van der Waals surface area contributed by atoms with Gasteiger partial charge < -0.3 is 5.32 Å². The predicted molar refractivity (Wildman–Crippen MR) is 74.1 cm³/mol. The van der Waals surface area contributed by atoms with Crippen molar-refractivity contribution in [1.82, 2.24) is 10.2 Å². The molecule has 0 radical (unpaired) electrons. The van der Waals surface area contributed by atoms with E-state index in [2.05, 4.69) is 33.1 Å². The lowest BCUT2D eigenvalue weighted by Crippen LogP contribution is -2.49. The molecule has 0 saturated carbocycles. The number of benzene rings is 1. The van der Waals surface area contributed by atoms with Crippen LogP contribution < -0.4 is 5.32 Å². The van der Waals surface area contributed by atoms with E-state index in [1.165, 1.54) is 6.07 Å². The molecule has 17 heavy (non-hydrogen) atoms. The lowest BCUT2D eigenvalue weighted by molar-refractivity contribution is 0.164. The van der Waals surface area contributed by atoms with Gasteiger partial charge in [-0.25, -0.2) is 4.39 Å². The van der Waals surface area contributed by atoms with Crippen molar-refractivity contribution in [3.8, 4) is 0 Å². The summed E-state index contributed by atoms with van der Waals surface area (Å²) in [5.74, 6) is -0.125. The van der Waals surface area contributed by atoms with Crippen LogP contribution in [0.4, 0.5) is 4.39 Å². The molecule has 1 saturated heterocycles. The Bertz CT molecular complexity index is 376.